The van der Waals surface area contributed by atoms with Crippen LogP contribution in [0.4, 0.5) is 5.69 Å². The van der Waals surface area contributed by atoms with Gasteiger partial charge in [-0.15, -0.1) is 0 Å². The van der Waals surface area contributed by atoms with Crippen molar-refractivity contribution in [1.82, 2.24) is 4.31 Å². The second-order valence-corrected chi connectivity index (χ2v) is 9.82. The summed E-state index contributed by atoms with van der Waals surface area (Å²) in [6.45, 7) is 4.49. The van der Waals surface area contributed by atoms with Crippen molar-refractivity contribution in [3.63, 3.8) is 0 Å². The molecular formula is C20H23BrN2O3S. The van der Waals surface area contributed by atoms with Gasteiger partial charge in [0.15, 0.2) is 0 Å². The van der Waals surface area contributed by atoms with E-state index in [9.17, 15) is 13.2 Å². The third-order valence-corrected chi connectivity index (χ3v) is 7.23. The molecule has 1 saturated heterocycles. The van der Waals surface area contributed by atoms with Crippen molar-refractivity contribution in [2.75, 3.05) is 18.4 Å². The Labute approximate surface area is 169 Å². The molecule has 1 N–H and O–H groups in total. The number of nitrogens with one attached hydrogen (secondary N) is 1. The maximum atomic E-state index is 12.9. The summed E-state index contributed by atoms with van der Waals surface area (Å²) in [7, 11) is -3.58. The lowest BCUT2D eigenvalue weighted by Crippen LogP contribution is -2.43. The van der Waals surface area contributed by atoms with Crippen molar-refractivity contribution in [2.24, 2.45) is 5.92 Å². The number of piperidine rings is 1. The monoisotopic (exact) mass is 450 g/mol. The number of anilines is 1. The highest BCUT2D eigenvalue weighted by Crippen LogP contribution is 2.26. The first-order valence-electron chi connectivity index (χ1n) is 8.91. The molecule has 1 amide bonds. The van der Waals surface area contributed by atoms with Crippen molar-refractivity contribution in [2.45, 2.75) is 31.6 Å². The highest BCUT2D eigenvalue weighted by molar-refractivity contribution is 9.10. The molecule has 0 radical (unpaired) electrons. The maximum Gasteiger partial charge on any atom is 0.243 e. The fraction of sp³-hybridized carbons (Fsp3) is 0.350. The fourth-order valence-electron chi connectivity index (χ4n) is 3.24. The average molecular weight is 451 g/mol. The van der Waals surface area contributed by atoms with Crippen LogP contribution in [0.15, 0.2) is 51.8 Å². The number of nitrogens with zero attached hydrogens (tertiary/aromatic N) is 1. The number of sulfonamides is 1. The maximum absolute atomic E-state index is 12.9. The van der Waals surface area contributed by atoms with Gasteiger partial charge in [-0.05, 0) is 62.6 Å². The van der Waals surface area contributed by atoms with Crippen molar-refractivity contribution in [1.29, 1.82) is 0 Å². The van der Waals surface area contributed by atoms with E-state index in [2.05, 4.69) is 21.2 Å². The lowest BCUT2D eigenvalue weighted by Gasteiger charge is -2.31. The molecule has 3 rings (SSSR count). The highest BCUT2D eigenvalue weighted by Gasteiger charge is 2.33. The van der Waals surface area contributed by atoms with Gasteiger partial charge in [0.25, 0.3) is 0 Å². The van der Waals surface area contributed by atoms with Crippen molar-refractivity contribution in [3.8, 4) is 0 Å². The van der Waals surface area contributed by atoms with E-state index in [1.54, 1.807) is 24.3 Å². The Kier molecular flexibility index (Phi) is 6.03. The van der Waals surface area contributed by atoms with E-state index in [1.807, 2.05) is 32.0 Å². The molecule has 1 aliphatic heterocycles. The number of benzene rings is 2. The first-order chi connectivity index (χ1) is 12.8. The summed E-state index contributed by atoms with van der Waals surface area (Å²) in [4.78, 5) is 13.0. The minimum atomic E-state index is -3.58. The number of carbonyl (C=O) groups is 1. The minimum absolute atomic E-state index is 0.135. The zero-order valence-electron chi connectivity index (χ0n) is 15.4. The molecule has 7 heteroatoms. The van der Waals surface area contributed by atoms with E-state index in [-0.39, 0.29) is 23.3 Å². The molecule has 0 aromatic heterocycles. The molecule has 2 aromatic carbocycles. The van der Waals surface area contributed by atoms with E-state index in [1.165, 1.54) is 4.31 Å². The van der Waals surface area contributed by atoms with E-state index < -0.39 is 10.0 Å². The Bertz CT molecular complexity index is 942. The number of hydrogen-bond acceptors (Lipinski definition) is 3. The molecule has 0 saturated carbocycles. The van der Waals surface area contributed by atoms with E-state index in [0.29, 0.717) is 19.4 Å². The van der Waals surface area contributed by atoms with Crippen LogP contribution in [0, 0.1) is 19.8 Å². The SMILES string of the molecule is Cc1ccc(S(=O)(=O)N2CCC[C@H](C(=O)Nc3ccc(Br)cc3C)C2)cc1. The van der Waals surface area contributed by atoms with Gasteiger partial charge < -0.3 is 5.32 Å². The molecule has 2 aromatic rings. The number of halogens is 1. The fourth-order valence-corrected chi connectivity index (χ4v) is 5.24. The predicted octanol–water partition coefficient (Wildman–Crippen LogP) is 4.11. The van der Waals surface area contributed by atoms with Crippen LogP contribution < -0.4 is 5.32 Å². The molecule has 1 fully saturated rings. The molecule has 1 heterocycles. The third-order valence-electron chi connectivity index (χ3n) is 4.86. The molecule has 0 bridgehead atoms. The van der Waals surface area contributed by atoms with Gasteiger partial charge in [0.1, 0.15) is 0 Å². The Morgan fingerprint density at radius 2 is 1.85 bits per heavy atom. The molecule has 1 atom stereocenters. The smallest absolute Gasteiger partial charge is 0.243 e. The summed E-state index contributed by atoms with van der Waals surface area (Å²) in [6.07, 6.45) is 1.35. The Balaban J connectivity index is 1.73. The van der Waals surface area contributed by atoms with Crippen LogP contribution in [-0.2, 0) is 14.8 Å². The van der Waals surface area contributed by atoms with Gasteiger partial charge in [-0.2, -0.15) is 4.31 Å². The topological polar surface area (TPSA) is 66.5 Å². The normalized spacial score (nSPS) is 18.3. The second kappa shape index (κ2) is 8.12. The van der Waals surface area contributed by atoms with E-state index >= 15 is 0 Å². The van der Waals surface area contributed by atoms with Crippen LogP contribution in [0.3, 0.4) is 0 Å². The van der Waals surface area contributed by atoms with Crippen LogP contribution >= 0.6 is 15.9 Å². The Morgan fingerprint density at radius 3 is 2.52 bits per heavy atom. The van der Waals surface area contributed by atoms with Crippen LogP contribution in [-0.4, -0.2) is 31.7 Å². The number of rotatable bonds is 4. The number of carbonyl (C=O) groups excluding carboxylic acids is 1. The summed E-state index contributed by atoms with van der Waals surface area (Å²) in [5.74, 6) is -0.494. The summed E-state index contributed by atoms with van der Waals surface area (Å²) in [5.41, 5.74) is 2.72. The molecule has 144 valence electrons. The number of hydrogen-bond donors (Lipinski definition) is 1. The van der Waals surface area contributed by atoms with Gasteiger partial charge in [0.2, 0.25) is 15.9 Å². The molecule has 1 aliphatic rings. The van der Waals surface area contributed by atoms with Crippen molar-refractivity contribution >= 4 is 37.5 Å². The first kappa shape index (κ1) is 20.0. The lowest BCUT2D eigenvalue weighted by atomic mass is 9.98. The van der Waals surface area contributed by atoms with Crippen LogP contribution in [0.1, 0.15) is 24.0 Å². The molecule has 5 nitrogen and oxygen atoms in total. The number of amides is 1. The van der Waals surface area contributed by atoms with Gasteiger partial charge in [0.05, 0.1) is 10.8 Å². The second-order valence-electron chi connectivity index (χ2n) is 6.96. The van der Waals surface area contributed by atoms with Crippen LogP contribution in [0.2, 0.25) is 0 Å². The zero-order valence-corrected chi connectivity index (χ0v) is 17.8. The highest BCUT2D eigenvalue weighted by atomic mass is 79.9. The molecular weight excluding hydrogens is 428 g/mol. The zero-order chi connectivity index (χ0) is 19.6. The summed E-state index contributed by atoms with van der Waals surface area (Å²) < 4.78 is 28.2. The van der Waals surface area contributed by atoms with Crippen LogP contribution in [0.5, 0.6) is 0 Å². The molecule has 27 heavy (non-hydrogen) atoms. The standard InChI is InChI=1S/C20H23BrN2O3S/c1-14-5-8-18(9-6-14)27(25,26)23-11-3-4-16(13-23)20(24)22-19-10-7-17(21)12-15(19)2/h5-10,12,16H,3-4,11,13H2,1-2H3,(H,22,24)/t16-/m0/s1. The molecule has 0 spiro atoms. The van der Waals surface area contributed by atoms with Gasteiger partial charge >= 0.3 is 0 Å². The largest absolute Gasteiger partial charge is 0.326 e. The Hall–Kier alpha value is -1.70. The molecule has 0 aliphatic carbocycles. The summed E-state index contributed by atoms with van der Waals surface area (Å²) in [5, 5.41) is 2.95. The van der Waals surface area contributed by atoms with Crippen molar-refractivity contribution < 1.29 is 13.2 Å². The van der Waals surface area contributed by atoms with Gasteiger partial charge in [-0.3, -0.25) is 4.79 Å². The third kappa shape index (κ3) is 4.59. The lowest BCUT2D eigenvalue weighted by molar-refractivity contribution is -0.120. The quantitative estimate of drug-likeness (QED) is 0.761. The van der Waals surface area contributed by atoms with Crippen molar-refractivity contribution in [3.05, 3.63) is 58.1 Å². The number of aryl methyl sites for hydroxylation is 2. The first-order valence-corrected chi connectivity index (χ1v) is 11.1. The minimum Gasteiger partial charge on any atom is -0.326 e. The average Bonchev–Trinajstić information content (AvgIpc) is 2.64. The Morgan fingerprint density at radius 1 is 1.15 bits per heavy atom. The van der Waals surface area contributed by atoms with E-state index in [4.69, 9.17) is 0 Å². The van der Waals surface area contributed by atoms with Gasteiger partial charge in [-0.25, -0.2) is 8.42 Å². The summed E-state index contributed by atoms with van der Waals surface area (Å²) in [6, 6.07) is 12.5. The van der Waals surface area contributed by atoms with E-state index in [0.717, 1.165) is 21.3 Å². The van der Waals surface area contributed by atoms with Gasteiger partial charge in [-0.1, -0.05) is 33.6 Å². The summed E-state index contributed by atoms with van der Waals surface area (Å²) >= 11 is 3.41. The molecule has 0 unspecified atom stereocenters. The predicted molar refractivity (Wildman–Crippen MR) is 110 cm³/mol. The van der Waals surface area contributed by atoms with Gasteiger partial charge in [0, 0.05) is 23.2 Å². The van der Waals surface area contributed by atoms with Crippen LogP contribution in [0.25, 0.3) is 0 Å².